The van der Waals surface area contributed by atoms with E-state index in [1.54, 1.807) is 0 Å². The molecule has 8 nitrogen and oxygen atoms in total. The van der Waals surface area contributed by atoms with Crippen LogP contribution in [0.3, 0.4) is 0 Å². The molecule has 0 amide bonds. The zero-order valence-electron chi connectivity index (χ0n) is 13.2. The van der Waals surface area contributed by atoms with E-state index in [2.05, 4.69) is 16.8 Å². The zero-order chi connectivity index (χ0) is 17.1. The van der Waals surface area contributed by atoms with E-state index in [9.17, 15) is 9.59 Å². The van der Waals surface area contributed by atoms with Crippen LogP contribution in [0.5, 0.6) is 0 Å². The van der Waals surface area contributed by atoms with Crippen LogP contribution >= 0.6 is 0 Å². The number of aliphatic hydroxyl groups excluding tert-OH is 1. The van der Waals surface area contributed by atoms with Gasteiger partial charge in [-0.05, 0) is 6.42 Å². The summed E-state index contributed by atoms with van der Waals surface area (Å²) in [6.45, 7) is 2.79. The first-order valence-electron chi connectivity index (χ1n) is 7.41. The van der Waals surface area contributed by atoms with E-state index >= 15 is 0 Å². The summed E-state index contributed by atoms with van der Waals surface area (Å²) in [6.07, 6.45) is 1.88. The highest BCUT2D eigenvalue weighted by molar-refractivity contribution is 5.15. The fourth-order valence-corrected chi connectivity index (χ4v) is 1.68. The van der Waals surface area contributed by atoms with Gasteiger partial charge in [0.2, 0.25) is 0 Å². The number of aromatic nitrogens is 2. The highest BCUT2D eigenvalue weighted by atomic mass is 16.5. The molecule has 0 fully saturated rings. The lowest BCUT2D eigenvalue weighted by Gasteiger charge is -2.14. The van der Waals surface area contributed by atoms with Crippen LogP contribution in [-0.4, -0.2) is 47.1 Å². The Kier molecular flexibility index (Phi) is 8.94. The first-order chi connectivity index (χ1) is 11.1. The number of hydrogen-bond acceptors (Lipinski definition) is 6. The Hall–Kier alpha value is -1.92. The second-order valence-corrected chi connectivity index (χ2v) is 4.76. The molecule has 1 rings (SSSR count). The normalized spacial score (nSPS) is 11.8. The third kappa shape index (κ3) is 6.80. The molecule has 1 aromatic heterocycles. The molecule has 0 spiro atoms. The first-order valence-corrected chi connectivity index (χ1v) is 7.41. The van der Waals surface area contributed by atoms with Crippen LogP contribution in [0.25, 0.3) is 0 Å². The van der Waals surface area contributed by atoms with Gasteiger partial charge in [0.15, 0.2) is 0 Å². The summed E-state index contributed by atoms with van der Waals surface area (Å²) < 4.78 is 11.7. The molecule has 128 valence electrons. The van der Waals surface area contributed by atoms with Crippen molar-refractivity contribution in [1.82, 2.24) is 9.55 Å². The lowest BCUT2D eigenvalue weighted by Crippen LogP contribution is -2.33. The van der Waals surface area contributed by atoms with Gasteiger partial charge in [-0.2, -0.15) is 0 Å². The van der Waals surface area contributed by atoms with Gasteiger partial charge in [-0.15, -0.1) is 0 Å². The first kappa shape index (κ1) is 19.1. The highest BCUT2D eigenvalue weighted by Crippen LogP contribution is 1.98. The molecule has 0 saturated carbocycles. The summed E-state index contributed by atoms with van der Waals surface area (Å²) in [5.74, 6) is 5.57. The Morgan fingerprint density at radius 3 is 2.87 bits per heavy atom. The number of nitrogens with one attached hydrogen (secondary N) is 1. The Morgan fingerprint density at radius 2 is 2.22 bits per heavy atom. The molecule has 1 atom stereocenters. The van der Waals surface area contributed by atoms with Gasteiger partial charge in [-0.25, -0.2) is 4.79 Å². The highest BCUT2D eigenvalue weighted by Gasteiger charge is 2.07. The van der Waals surface area contributed by atoms with Crippen LogP contribution in [0.2, 0.25) is 0 Å². The maximum Gasteiger partial charge on any atom is 0.330 e. The minimum atomic E-state index is -0.564. The largest absolute Gasteiger partial charge is 0.394 e. The van der Waals surface area contributed by atoms with Crippen molar-refractivity contribution in [1.29, 1.82) is 0 Å². The fraction of sp³-hybridized carbons (Fsp3) is 0.600. The Bertz CT molecular complexity index is 637. The van der Waals surface area contributed by atoms with Crippen molar-refractivity contribution >= 4 is 0 Å². The van der Waals surface area contributed by atoms with Crippen LogP contribution in [0.1, 0.15) is 18.9 Å². The van der Waals surface area contributed by atoms with Crippen LogP contribution < -0.4 is 17.0 Å². The molecule has 0 unspecified atom stereocenters. The van der Waals surface area contributed by atoms with Crippen molar-refractivity contribution in [3.8, 4) is 11.8 Å². The molecule has 0 aliphatic heterocycles. The molecule has 23 heavy (non-hydrogen) atoms. The SMILES string of the molecule is CC[C@@H](CO)OCn1cc(CC#CCOCCN)c(=O)[nH]c1=O. The maximum absolute atomic E-state index is 11.7. The predicted octanol–water partition coefficient (Wildman–Crippen LogP) is -1.20. The van der Waals surface area contributed by atoms with Crippen molar-refractivity contribution in [3.05, 3.63) is 32.6 Å². The fourth-order valence-electron chi connectivity index (χ4n) is 1.68. The topological polar surface area (TPSA) is 120 Å². The molecule has 0 aliphatic rings. The van der Waals surface area contributed by atoms with Crippen molar-refractivity contribution in [2.45, 2.75) is 32.6 Å². The third-order valence-electron chi connectivity index (χ3n) is 3.03. The Labute approximate surface area is 134 Å². The number of aliphatic hydroxyl groups is 1. The summed E-state index contributed by atoms with van der Waals surface area (Å²) in [5.41, 5.74) is 4.60. The van der Waals surface area contributed by atoms with E-state index in [0.717, 1.165) is 0 Å². The average molecular weight is 325 g/mol. The van der Waals surface area contributed by atoms with Crippen LogP contribution in [0.15, 0.2) is 15.8 Å². The molecule has 0 bridgehead atoms. The summed E-state index contributed by atoms with van der Waals surface area (Å²) >= 11 is 0. The molecular weight excluding hydrogens is 302 g/mol. The molecule has 1 aromatic rings. The van der Waals surface area contributed by atoms with E-state index in [0.29, 0.717) is 25.1 Å². The van der Waals surface area contributed by atoms with Gasteiger partial charge in [-0.1, -0.05) is 18.8 Å². The molecule has 8 heteroatoms. The Morgan fingerprint density at radius 1 is 1.43 bits per heavy atom. The third-order valence-corrected chi connectivity index (χ3v) is 3.03. The molecule has 1 heterocycles. The van der Waals surface area contributed by atoms with E-state index in [1.807, 2.05) is 6.92 Å². The summed E-state index contributed by atoms with van der Waals surface area (Å²) in [4.78, 5) is 25.7. The summed E-state index contributed by atoms with van der Waals surface area (Å²) in [5, 5.41) is 9.07. The zero-order valence-corrected chi connectivity index (χ0v) is 13.2. The number of rotatable bonds is 9. The quantitative estimate of drug-likeness (QED) is 0.388. The molecule has 0 saturated heterocycles. The lowest BCUT2D eigenvalue weighted by atomic mass is 10.2. The molecule has 0 radical (unpaired) electrons. The second-order valence-electron chi connectivity index (χ2n) is 4.76. The van der Waals surface area contributed by atoms with E-state index in [-0.39, 0.29) is 32.5 Å². The minimum Gasteiger partial charge on any atom is -0.394 e. The summed E-state index contributed by atoms with van der Waals surface area (Å²) in [7, 11) is 0. The number of nitrogens with zero attached hydrogens (tertiary/aromatic N) is 1. The number of H-pyrrole nitrogens is 1. The number of ether oxygens (including phenoxy) is 2. The smallest absolute Gasteiger partial charge is 0.330 e. The van der Waals surface area contributed by atoms with Gasteiger partial charge in [0.1, 0.15) is 13.3 Å². The van der Waals surface area contributed by atoms with Gasteiger partial charge < -0.3 is 20.3 Å². The standard InChI is InChI=1S/C15H23N3O5/c1-2-13(10-19)23-11-18-9-12(14(20)17-15(18)21)5-3-4-7-22-8-6-16/h9,13,19H,2,5-8,10-11,16H2,1H3,(H,17,20,21)/t13-/m0/s1. The van der Waals surface area contributed by atoms with Crippen molar-refractivity contribution in [2.75, 3.05) is 26.4 Å². The summed E-state index contributed by atoms with van der Waals surface area (Å²) in [6, 6.07) is 0. The minimum absolute atomic E-state index is 0.0469. The van der Waals surface area contributed by atoms with Gasteiger partial charge in [0.05, 0.1) is 19.3 Å². The molecule has 0 aromatic carbocycles. The van der Waals surface area contributed by atoms with Gasteiger partial charge in [0, 0.05) is 24.7 Å². The van der Waals surface area contributed by atoms with E-state index < -0.39 is 11.2 Å². The Balaban J connectivity index is 2.71. The van der Waals surface area contributed by atoms with E-state index in [4.69, 9.17) is 20.3 Å². The average Bonchev–Trinajstić information content (AvgIpc) is 2.54. The number of aromatic amines is 1. The molecule has 0 aliphatic carbocycles. The van der Waals surface area contributed by atoms with E-state index in [1.165, 1.54) is 10.8 Å². The monoisotopic (exact) mass is 325 g/mol. The van der Waals surface area contributed by atoms with Crippen molar-refractivity contribution in [2.24, 2.45) is 5.73 Å². The second kappa shape index (κ2) is 10.7. The lowest BCUT2D eigenvalue weighted by molar-refractivity contribution is -0.0269. The van der Waals surface area contributed by atoms with Crippen LogP contribution in [0.4, 0.5) is 0 Å². The van der Waals surface area contributed by atoms with Gasteiger partial charge in [0.25, 0.3) is 5.56 Å². The van der Waals surface area contributed by atoms with Crippen LogP contribution in [-0.2, 0) is 22.6 Å². The number of hydrogen-bond donors (Lipinski definition) is 3. The molecular formula is C15H23N3O5. The van der Waals surface area contributed by atoms with Crippen LogP contribution in [0, 0.1) is 11.8 Å². The van der Waals surface area contributed by atoms with Gasteiger partial charge in [-0.3, -0.25) is 14.3 Å². The van der Waals surface area contributed by atoms with Crippen molar-refractivity contribution < 1.29 is 14.6 Å². The predicted molar refractivity (Wildman–Crippen MR) is 84.9 cm³/mol. The maximum atomic E-state index is 11.7. The van der Waals surface area contributed by atoms with Gasteiger partial charge >= 0.3 is 5.69 Å². The number of nitrogens with two attached hydrogens (primary N) is 1. The molecule has 4 N–H and O–H groups in total. The van der Waals surface area contributed by atoms with Crippen molar-refractivity contribution in [3.63, 3.8) is 0 Å².